The molecule has 0 spiro atoms. The zero-order chi connectivity index (χ0) is 18.6. The first kappa shape index (κ1) is 17.7. The lowest BCUT2D eigenvalue weighted by Crippen LogP contribution is -2.39. The Labute approximate surface area is 159 Å². The summed E-state index contributed by atoms with van der Waals surface area (Å²) in [5, 5.41) is 11.5. The summed E-state index contributed by atoms with van der Waals surface area (Å²) >= 11 is 0. The number of carbonyl (C=O) groups excluding carboxylic acids is 1. The fourth-order valence-corrected chi connectivity index (χ4v) is 3.60. The summed E-state index contributed by atoms with van der Waals surface area (Å²) in [7, 11) is 2.11. The van der Waals surface area contributed by atoms with Crippen LogP contribution in [-0.4, -0.2) is 55.5 Å². The maximum Gasteiger partial charge on any atom is 0.272 e. The van der Waals surface area contributed by atoms with Crippen molar-refractivity contribution in [1.82, 2.24) is 15.5 Å². The number of aromatic nitrogens is 2. The standard InChI is InChI=1S/C20H25N5O2/c1-24-10-11-25(14-15-4-2-3-5-18(15)24)19-7-6-17(22-23-19)20(26)21-16-8-12-27-13-9-16/h2-7,16H,8-14H2,1H3,(H,21,26). The van der Waals surface area contributed by atoms with Crippen molar-refractivity contribution in [3.05, 3.63) is 47.7 Å². The van der Waals surface area contributed by atoms with E-state index in [9.17, 15) is 4.79 Å². The Morgan fingerprint density at radius 1 is 1.11 bits per heavy atom. The maximum absolute atomic E-state index is 12.4. The molecule has 1 fully saturated rings. The number of ether oxygens (including phenoxy) is 1. The predicted molar refractivity (Wildman–Crippen MR) is 104 cm³/mol. The number of hydrogen-bond donors (Lipinski definition) is 1. The van der Waals surface area contributed by atoms with Gasteiger partial charge in [0.2, 0.25) is 0 Å². The molecule has 0 unspecified atom stereocenters. The SMILES string of the molecule is CN1CCN(c2ccc(C(=O)NC3CCOCC3)nn2)Cc2ccccc21. The van der Waals surface area contributed by atoms with Crippen LogP contribution in [0.2, 0.25) is 0 Å². The summed E-state index contributed by atoms with van der Waals surface area (Å²) in [6.07, 6.45) is 1.69. The summed E-state index contributed by atoms with van der Waals surface area (Å²) in [5.41, 5.74) is 2.87. The van der Waals surface area contributed by atoms with Crippen LogP contribution < -0.4 is 15.1 Å². The molecular weight excluding hydrogens is 342 g/mol. The van der Waals surface area contributed by atoms with E-state index in [0.29, 0.717) is 18.9 Å². The quantitative estimate of drug-likeness (QED) is 0.893. The molecule has 7 nitrogen and oxygen atoms in total. The van der Waals surface area contributed by atoms with E-state index < -0.39 is 0 Å². The molecule has 142 valence electrons. The van der Waals surface area contributed by atoms with Gasteiger partial charge in [0.25, 0.3) is 5.91 Å². The summed E-state index contributed by atoms with van der Waals surface area (Å²) in [4.78, 5) is 16.9. The van der Waals surface area contributed by atoms with E-state index in [4.69, 9.17) is 4.74 Å². The van der Waals surface area contributed by atoms with Crippen LogP contribution in [0.5, 0.6) is 0 Å². The van der Waals surface area contributed by atoms with Crippen molar-refractivity contribution in [2.75, 3.05) is 43.2 Å². The molecule has 0 bridgehead atoms. The molecule has 3 heterocycles. The molecular formula is C20H25N5O2. The Hall–Kier alpha value is -2.67. The van der Waals surface area contributed by atoms with E-state index >= 15 is 0 Å². The molecule has 0 atom stereocenters. The fourth-order valence-electron chi connectivity index (χ4n) is 3.60. The maximum atomic E-state index is 12.4. The second kappa shape index (κ2) is 7.92. The Morgan fingerprint density at radius 2 is 1.93 bits per heavy atom. The topological polar surface area (TPSA) is 70.6 Å². The van der Waals surface area contributed by atoms with Gasteiger partial charge in [-0.2, -0.15) is 0 Å². The molecule has 1 saturated heterocycles. The average Bonchev–Trinajstić information content (AvgIpc) is 2.88. The summed E-state index contributed by atoms with van der Waals surface area (Å²) in [6, 6.07) is 12.2. The smallest absolute Gasteiger partial charge is 0.272 e. The Bertz CT molecular complexity index is 789. The minimum Gasteiger partial charge on any atom is -0.381 e. The van der Waals surface area contributed by atoms with Gasteiger partial charge in [0.15, 0.2) is 11.5 Å². The second-order valence-electron chi connectivity index (χ2n) is 7.11. The van der Waals surface area contributed by atoms with Gasteiger partial charge < -0.3 is 19.9 Å². The van der Waals surface area contributed by atoms with E-state index in [1.54, 1.807) is 6.07 Å². The highest BCUT2D eigenvalue weighted by molar-refractivity contribution is 5.92. The third-order valence-electron chi connectivity index (χ3n) is 5.23. The number of rotatable bonds is 3. The number of hydrogen-bond acceptors (Lipinski definition) is 6. The number of anilines is 2. The monoisotopic (exact) mass is 367 g/mol. The van der Waals surface area contributed by atoms with Gasteiger partial charge in [-0.15, -0.1) is 10.2 Å². The molecule has 7 heteroatoms. The van der Waals surface area contributed by atoms with Crippen LogP contribution in [0.15, 0.2) is 36.4 Å². The number of nitrogens with zero attached hydrogens (tertiary/aromatic N) is 4. The molecule has 0 radical (unpaired) electrons. The Kier molecular flexibility index (Phi) is 5.20. The molecule has 1 aromatic heterocycles. The van der Waals surface area contributed by atoms with E-state index in [0.717, 1.165) is 38.3 Å². The second-order valence-corrected chi connectivity index (χ2v) is 7.11. The number of nitrogens with one attached hydrogen (secondary N) is 1. The van der Waals surface area contributed by atoms with Crippen LogP contribution in [0.3, 0.4) is 0 Å². The average molecular weight is 367 g/mol. The third kappa shape index (κ3) is 4.03. The summed E-state index contributed by atoms with van der Waals surface area (Å²) in [6.45, 7) is 3.93. The van der Waals surface area contributed by atoms with Crippen molar-refractivity contribution in [3.8, 4) is 0 Å². The first-order valence-electron chi connectivity index (χ1n) is 9.47. The van der Waals surface area contributed by atoms with Crippen LogP contribution in [0, 0.1) is 0 Å². The van der Waals surface area contributed by atoms with Crippen LogP contribution in [0.4, 0.5) is 11.5 Å². The van der Waals surface area contributed by atoms with Crippen molar-refractivity contribution in [2.45, 2.75) is 25.4 Å². The molecule has 1 amide bonds. The summed E-state index contributed by atoms with van der Waals surface area (Å²) < 4.78 is 5.32. The highest BCUT2D eigenvalue weighted by Crippen LogP contribution is 2.25. The molecule has 2 aromatic rings. The van der Waals surface area contributed by atoms with Gasteiger partial charge in [0.05, 0.1) is 0 Å². The van der Waals surface area contributed by atoms with Crippen molar-refractivity contribution < 1.29 is 9.53 Å². The Balaban J connectivity index is 1.45. The highest BCUT2D eigenvalue weighted by Gasteiger charge is 2.20. The first-order valence-corrected chi connectivity index (χ1v) is 9.47. The van der Waals surface area contributed by atoms with Gasteiger partial charge in [-0.3, -0.25) is 4.79 Å². The van der Waals surface area contributed by atoms with Gasteiger partial charge in [-0.05, 0) is 36.6 Å². The lowest BCUT2D eigenvalue weighted by atomic mass is 10.1. The van der Waals surface area contributed by atoms with Gasteiger partial charge in [-0.25, -0.2) is 0 Å². The van der Waals surface area contributed by atoms with Crippen LogP contribution in [0.25, 0.3) is 0 Å². The third-order valence-corrected chi connectivity index (χ3v) is 5.23. The van der Waals surface area contributed by atoms with E-state index in [2.05, 4.69) is 56.6 Å². The van der Waals surface area contributed by atoms with Gasteiger partial charge in [0, 0.05) is 51.6 Å². The van der Waals surface area contributed by atoms with E-state index in [-0.39, 0.29) is 11.9 Å². The van der Waals surface area contributed by atoms with Gasteiger partial charge in [0.1, 0.15) is 0 Å². The van der Waals surface area contributed by atoms with Crippen LogP contribution in [0.1, 0.15) is 28.9 Å². The minimum absolute atomic E-state index is 0.158. The molecule has 1 N–H and O–H groups in total. The largest absolute Gasteiger partial charge is 0.381 e. The van der Waals surface area contributed by atoms with Gasteiger partial charge in [-0.1, -0.05) is 18.2 Å². The lowest BCUT2D eigenvalue weighted by Gasteiger charge is -2.23. The molecule has 2 aliphatic rings. The zero-order valence-electron chi connectivity index (χ0n) is 15.6. The number of benzene rings is 1. The lowest BCUT2D eigenvalue weighted by molar-refractivity contribution is 0.0693. The number of likely N-dealkylation sites (N-methyl/N-ethyl adjacent to an activating group) is 1. The molecule has 2 aliphatic heterocycles. The zero-order valence-corrected chi connectivity index (χ0v) is 15.6. The Morgan fingerprint density at radius 3 is 2.70 bits per heavy atom. The number of fused-ring (bicyclic) bond motifs is 1. The predicted octanol–water partition coefficient (Wildman–Crippen LogP) is 1.84. The van der Waals surface area contributed by atoms with Crippen molar-refractivity contribution >= 4 is 17.4 Å². The number of para-hydroxylation sites is 1. The normalized spacial score (nSPS) is 18.0. The van der Waals surface area contributed by atoms with Crippen molar-refractivity contribution in [2.24, 2.45) is 0 Å². The van der Waals surface area contributed by atoms with E-state index in [1.165, 1.54) is 11.3 Å². The molecule has 1 aromatic carbocycles. The number of amides is 1. The molecule has 27 heavy (non-hydrogen) atoms. The van der Waals surface area contributed by atoms with Crippen LogP contribution >= 0.6 is 0 Å². The van der Waals surface area contributed by atoms with Crippen LogP contribution in [-0.2, 0) is 11.3 Å². The van der Waals surface area contributed by atoms with E-state index in [1.807, 2.05) is 6.07 Å². The molecule has 4 rings (SSSR count). The molecule has 0 aliphatic carbocycles. The highest BCUT2D eigenvalue weighted by atomic mass is 16.5. The van der Waals surface area contributed by atoms with Crippen molar-refractivity contribution in [1.29, 1.82) is 0 Å². The fraction of sp³-hybridized carbons (Fsp3) is 0.450. The molecule has 0 saturated carbocycles. The van der Waals surface area contributed by atoms with Gasteiger partial charge >= 0.3 is 0 Å². The summed E-state index contributed by atoms with van der Waals surface area (Å²) in [5.74, 6) is 0.629. The first-order chi connectivity index (χ1) is 13.2. The minimum atomic E-state index is -0.165. The van der Waals surface area contributed by atoms with Crippen molar-refractivity contribution in [3.63, 3.8) is 0 Å². The number of carbonyl (C=O) groups is 1.